The molecule has 1 aliphatic carbocycles. The van der Waals surface area contributed by atoms with E-state index in [1.807, 2.05) is 4.90 Å². The van der Waals surface area contributed by atoms with E-state index < -0.39 is 17.2 Å². The molecular weight excluding hydrogens is 389 g/mol. The Hall–Kier alpha value is -2.16. The number of carboxylic acids is 1. The Morgan fingerprint density at radius 3 is 2.50 bits per heavy atom. The Balaban J connectivity index is 1.84. The molecule has 28 heavy (non-hydrogen) atoms. The predicted molar refractivity (Wildman–Crippen MR) is 104 cm³/mol. The zero-order chi connectivity index (χ0) is 20.0. The van der Waals surface area contributed by atoms with Crippen molar-refractivity contribution in [1.29, 1.82) is 0 Å². The van der Waals surface area contributed by atoms with E-state index in [0.717, 1.165) is 12.8 Å². The molecule has 2 aliphatic rings. The second kappa shape index (κ2) is 7.35. The molecule has 0 amide bonds. The van der Waals surface area contributed by atoms with E-state index in [1.54, 1.807) is 4.57 Å². The van der Waals surface area contributed by atoms with Gasteiger partial charge in [0.2, 0.25) is 5.43 Å². The second-order valence-corrected chi connectivity index (χ2v) is 7.69. The number of pyridine rings is 1. The molecule has 9 heteroatoms. The molecular formula is C19H21ClFN3O4. The highest BCUT2D eigenvalue weighted by atomic mass is 35.5. The van der Waals surface area contributed by atoms with Crippen LogP contribution in [0.15, 0.2) is 17.1 Å². The Morgan fingerprint density at radius 1 is 1.25 bits per heavy atom. The molecule has 0 atom stereocenters. The highest BCUT2D eigenvalue weighted by Gasteiger charge is 2.31. The third-order valence-corrected chi connectivity index (χ3v) is 5.75. The lowest BCUT2D eigenvalue weighted by molar-refractivity contribution is 0.0695. The van der Waals surface area contributed by atoms with Crippen molar-refractivity contribution in [2.75, 3.05) is 44.2 Å². The number of aliphatic hydroxyl groups excluding tert-OH is 1. The first kappa shape index (κ1) is 19.2. The molecule has 1 saturated heterocycles. The molecule has 2 aromatic rings. The third-order valence-electron chi connectivity index (χ3n) is 5.46. The fraction of sp³-hybridized carbons (Fsp3) is 0.474. The van der Waals surface area contributed by atoms with Gasteiger partial charge in [-0.15, -0.1) is 0 Å². The molecule has 1 aliphatic heterocycles. The lowest BCUT2D eigenvalue weighted by Gasteiger charge is -2.36. The third kappa shape index (κ3) is 3.25. The van der Waals surface area contributed by atoms with Crippen LogP contribution in [-0.2, 0) is 0 Å². The van der Waals surface area contributed by atoms with Crippen LogP contribution < -0.4 is 10.3 Å². The lowest BCUT2D eigenvalue weighted by atomic mass is 10.1. The summed E-state index contributed by atoms with van der Waals surface area (Å²) in [6.45, 7) is 3.07. The van der Waals surface area contributed by atoms with Crippen molar-refractivity contribution in [3.63, 3.8) is 0 Å². The van der Waals surface area contributed by atoms with E-state index in [0.29, 0.717) is 32.7 Å². The smallest absolute Gasteiger partial charge is 0.341 e. The molecule has 1 saturated carbocycles. The van der Waals surface area contributed by atoms with Crippen LogP contribution in [0.4, 0.5) is 10.1 Å². The number of anilines is 1. The highest BCUT2D eigenvalue weighted by molar-refractivity contribution is 6.34. The van der Waals surface area contributed by atoms with Crippen LogP contribution >= 0.6 is 11.6 Å². The number of aromatic nitrogens is 1. The number of aromatic carboxylic acids is 1. The average molecular weight is 410 g/mol. The van der Waals surface area contributed by atoms with Gasteiger partial charge in [0.05, 0.1) is 28.2 Å². The number of fused-ring (bicyclic) bond motifs is 1. The standard InChI is InChI=1S/C19H21ClFN3O4/c20-14-9-12-16(24(11-1-2-11)10-13(18(12)26)19(27)28)15(21)17(14)23-5-3-22(4-6-23)7-8-25/h9-11,25H,1-8H2,(H,27,28). The summed E-state index contributed by atoms with van der Waals surface area (Å²) in [6, 6.07) is 1.38. The number of nitrogens with zero attached hydrogens (tertiary/aromatic N) is 3. The Bertz CT molecular complexity index is 997. The summed E-state index contributed by atoms with van der Waals surface area (Å²) < 4.78 is 17.2. The van der Waals surface area contributed by atoms with Crippen molar-refractivity contribution in [2.45, 2.75) is 18.9 Å². The van der Waals surface area contributed by atoms with E-state index in [4.69, 9.17) is 16.7 Å². The highest BCUT2D eigenvalue weighted by Crippen LogP contribution is 2.41. The Labute approximate surface area is 165 Å². The monoisotopic (exact) mass is 409 g/mol. The number of piperazine rings is 1. The largest absolute Gasteiger partial charge is 0.477 e. The molecule has 1 aromatic carbocycles. The van der Waals surface area contributed by atoms with Crippen LogP contribution in [0.25, 0.3) is 10.9 Å². The number of benzene rings is 1. The Kier molecular flexibility index (Phi) is 5.03. The van der Waals surface area contributed by atoms with Crippen molar-refractivity contribution >= 4 is 34.2 Å². The summed E-state index contributed by atoms with van der Waals surface area (Å²) in [6.07, 6.45) is 2.88. The average Bonchev–Trinajstić information content (AvgIpc) is 3.49. The molecule has 1 aromatic heterocycles. The number of aliphatic hydroxyl groups is 1. The number of hydrogen-bond acceptors (Lipinski definition) is 5. The number of rotatable bonds is 5. The molecule has 2 N–H and O–H groups in total. The molecule has 0 spiro atoms. The van der Waals surface area contributed by atoms with Crippen molar-refractivity contribution in [1.82, 2.24) is 9.47 Å². The molecule has 2 fully saturated rings. The fourth-order valence-corrected chi connectivity index (χ4v) is 4.16. The maximum absolute atomic E-state index is 15.6. The summed E-state index contributed by atoms with van der Waals surface area (Å²) in [5.41, 5.74) is -0.732. The first-order valence-corrected chi connectivity index (χ1v) is 9.68. The summed E-state index contributed by atoms with van der Waals surface area (Å²) in [4.78, 5) is 28.0. The van der Waals surface area contributed by atoms with E-state index in [-0.39, 0.29) is 39.8 Å². The summed E-state index contributed by atoms with van der Waals surface area (Å²) in [5, 5.41) is 18.5. The predicted octanol–water partition coefficient (Wildman–Crippen LogP) is 1.94. The second-order valence-electron chi connectivity index (χ2n) is 7.28. The van der Waals surface area contributed by atoms with Crippen LogP contribution in [-0.4, -0.2) is 65.0 Å². The van der Waals surface area contributed by atoms with Gasteiger partial charge in [0, 0.05) is 45.0 Å². The minimum atomic E-state index is -1.33. The number of hydrogen-bond donors (Lipinski definition) is 2. The molecule has 0 unspecified atom stereocenters. The Morgan fingerprint density at radius 2 is 1.93 bits per heavy atom. The summed E-state index contributed by atoms with van der Waals surface area (Å²) in [7, 11) is 0. The van der Waals surface area contributed by atoms with E-state index >= 15 is 4.39 Å². The maximum atomic E-state index is 15.6. The van der Waals surface area contributed by atoms with Gasteiger partial charge in [-0.1, -0.05) is 11.6 Å². The van der Waals surface area contributed by atoms with Gasteiger partial charge in [-0.3, -0.25) is 9.69 Å². The zero-order valence-corrected chi connectivity index (χ0v) is 16.0. The number of β-amino-alcohol motifs (C(OH)–C–C–N with tert-alkyl or cyclic N) is 1. The minimum absolute atomic E-state index is 0.00281. The molecule has 0 radical (unpaired) electrons. The van der Waals surface area contributed by atoms with E-state index in [9.17, 15) is 14.7 Å². The molecule has 7 nitrogen and oxygen atoms in total. The topological polar surface area (TPSA) is 86.0 Å². The van der Waals surface area contributed by atoms with Gasteiger partial charge in [-0.25, -0.2) is 9.18 Å². The number of halogens is 2. The molecule has 0 bridgehead atoms. The van der Waals surface area contributed by atoms with Gasteiger partial charge in [0.1, 0.15) is 5.56 Å². The number of carboxylic acid groups (broad SMARTS) is 1. The van der Waals surface area contributed by atoms with Gasteiger partial charge in [-0.2, -0.15) is 0 Å². The molecule has 2 heterocycles. The van der Waals surface area contributed by atoms with Crippen LogP contribution in [0.5, 0.6) is 0 Å². The van der Waals surface area contributed by atoms with Crippen molar-refractivity contribution in [2.24, 2.45) is 0 Å². The van der Waals surface area contributed by atoms with E-state index in [1.165, 1.54) is 12.3 Å². The summed E-state index contributed by atoms with van der Waals surface area (Å²) >= 11 is 6.36. The first-order chi connectivity index (χ1) is 13.4. The molecule has 150 valence electrons. The normalized spacial score (nSPS) is 18.0. The van der Waals surface area contributed by atoms with Crippen LogP contribution in [0.3, 0.4) is 0 Å². The maximum Gasteiger partial charge on any atom is 0.341 e. The lowest BCUT2D eigenvalue weighted by Crippen LogP contribution is -2.47. The fourth-order valence-electron chi connectivity index (χ4n) is 3.85. The van der Waals surface area contributed by atoms with Gasteiger partial charge in [0.25, 0.3) is 0 Å². The van der Waals surface area contributed by atoms with Gasteiger partial charge in [0.15, 0.2) is 5.82 Å². The van der Waals surface area contributed by atoms with E-state index in [2.05, 4.69) is 4.90 Å². The SMILES string of the molecule is O=C(O)c1cn(C2CC2)c2c(F)c(N3CCN(CCO)CC3)c(Cl)cc2c1=O. The van der Waals surface area contributed by atoms with Crippen LogP contribution in [0.1, 0.15) is 29.2 Å². The van der Waals surface area contributed by atoms with Gasteiger partial charge < -0.3 is 19.7 Å². The van der Waals surface area contributed by atoms with Gasteiger partial charge >= 0.3 is 5.97 Å². The molecule has 4 rings (SSSR count). The van der Waals surface area contributed by atoms with Crippen molar-refractivity contribution in [3.8, 4) is 0 Å². The van der Waals surface area contributed by atoms with Crippen LogP contribution in [0.2, 0.25) is 5.02 Å². The van der Waals surface area contributed by atoms with Crippen molar-refractivity contribution < 1.29 is 19.4 Å². The first-order valence-electron chi connectivity index (χ1n) is 9.30. The minimum Gasteiger partial charge on any atom is -0.477 e. The zero-order valence-electron chi connectivity index (χ0n) is 15.2. The number of carbonyl (C=O) groups is 1. The van der Waals surface area contributed by atoms with Crippen molar-refractivity contribution in [3.05, 3.63) is 38.9 Å². The van der Waals surface area contributed by atoms with Crippen LogP contribution in [0, 0.1) is 5.82 Å². The quantitative estimate of drug-likeness (QED) is 0.785. The van der Waals surface area contributed by atoms with Gasteiger partial charge in [-0.05, 0) is 18.9 Å². The summed E-state index contributed by atoms with van der Waals surface area (Å²) in [5.74, 6) is -1.92.